The van der Waals surface area contributed by atoms with E-state index < -0.39 is 0 Å². The van der Waals surface area contributed by atoms with Gasteiger partial charge in [-0.05, 0) is 72.8 Å². The van der Waals surface area contributed by atoms with Crippen molar-refractivity contribution in [2.45, 2.75) is 0 Å². The lowest BCUT2D eigenvalue weighted by Crippen LogP contribution is -1.90. The monoisotopic (exact) mass is 392 g/mol. The molecule has 0 saturated carbocycles. The van der Waals surface area contributed by atoms with Crippen LogP contribution in [0.2, 0.25) is 0 Å². The van der Waals surface area contributed by atoms with E-state index in [9.17, 15) is 0 Å². The van der Waals surface area contributed by atoms with Crippen LogP contribution < -0.4 is 9.47 Å². The number of hydrogen-bond acceptors (Lipinski definition) is 4. The Balaban J connectivity index is 1.57. The van der Waals surface area contributed by atoms with E-state index in [1.54, 1.807) is 14.2 Å². The van der Waals surface area contributed by atoms with Gasteiger partial charge in [0.1, 0.15) is 11.5 Å². The summed E-state index contributed by atoms with van der Waals surface area (Å²) in [6.45, 7) is 0. The summed E-state index contributed by atoms with van der Waals surface area (Å²) in [6, 6.07) is 28.4. The Labute approximate surface area is 174 Å². The zero-order chi connectivity index (χ0) is 20.5. The maximum absolute atomic E-state index is 5.25. The highest BCUT2D eigenvalue weighted by Gasteiger charge is 2.07. The van der Waals surface area contributed by atoms with Crippen molar-refractivity contribution >= 4 is 21.8 Å². The van der Waals surface area contributed by atoms with Gasteiger partial charge in [-0.2, -0.15) is 0 Å². The Morgan fingerprint density at radius 2 is 0.933 bits per heavy atom. The molecule has 30 heavy (non-hydrogen) atoms. The van der Waals surface area contributed by atoms with E-state index in [1.807, 2.05) is 48.5 Å². The predicted octanol–water partition coefficient (Wildman–Crippen LogP) is 6.13. The van der Waals surface area contributed by atoms with Crippen LogP contribution in [0.15, 0.2) is 84.9 Å². The summed E-state index contributed by atoms with van der Waals surface area (Å²) < 4.78 is 10.5. The van der Waals surface area contributed by atoms with Crippen molar-refractivity contribution in [1.29, 1.82) is 0 Å². The first-order valence-electron chi connectivity index (χ1n) is 9.74. The first-order valence-corrected chi connectivity index (χ1v) is 9.74. The second kappa shape index (κ2) is 7.48. The third-order valence-corrected chi connectivity index (χ3v) is 5.27. The third-order valence-electron chi connectivity index (χ3n) is 5.27. The SMILES string of the molecule is COc1ccc(-c2ccc3cc4ccc(-c5ccc(OC)cc5)nc4cc3n2)cc1. The molecule has 4 nitrogen and oxygen atoms in total. The van der Waals surface area contributed by atoms with Crippen molar-refractivity contribution in [2.75, 3.05) is 14.2 Å². The second-order valence-electron chi connectivity index (χ2n) is 7.09. The van der Waals surface area contributed by atoms with E-state index in [2.05, 4.69) is 36.4 Å². The summed E-state index contributed by atoms with van der Waals surface area (Å²) in [7, 11) is 3.34. The van der Waals surface area contributed by atoms with Gasteiger partial charge in [-0.25, -0.2) is 9.97 Å². The fraction of sp³-hybridized carbons (Fsp3) is 0.0769. The Morgan fingerprint density at radius 3 is 1.33 bits per heavy atom. The number of aromatic nitrogens is 2. The first-order chi connectivity index (χ1) is 14.7. The van der Waals surface area contributed by atoms with Crippen molar-refractivity contribution in [3.63, 3.8) is 0 Å². The number of nitrogens with zero attached hydrogens (tertiary/aromatic N) is 2. The molecule has 0 bridgehead atoms. The van der Waals surface area contributed by atoms with Gasteiger partial charge in [-0.1, -0.05) is 12.1 Å². The highest BCUT2D eigenvalue weighted by Crippen LogP contribution is 2.28. The smallest absolute Gasteiger partial charge is 0.118 e. The molecule has 0 atom stereocenters. The standard InChI is InChI=1S/C26H20N2O2/c1-29-21-9-3-17(4-10-21)23-13-7-19-15-20-8-14-24(28-26(20)16-25(19)27-23)18-5-11-22(30-2)12-6-18/h3-16H,1-2H3. The van der Waals surface area contributed by atoms with Crippen molar-refractivity contribution < 1.29 is 9.47 Å². The molecule has 0 saturated heterocycles. The van der Waals surface area contributed by atoms with Crippen LogP contribution in [-0.2, 0) is 0 Å². The van der Waals surface area contributed by atoms with Gasteiger partial charge in [0.25, 0.3) is 0 Å². The van der Waals surface area contributed by atoms with Crippen LogP contribution in [0.1, 0.15) is 0 Å². The maximum Gasteiger partial charge on any atom is 0.118 e. The van der Waals surface area contributed by atoms with E-state index >= 15 is 0 Å². The maximum atomic E-state index is 5.25. The van der Waals surface area contributed by atoms with Gasteiger partial charge < -0.3 is 9.47 Å². The van der Waals surface area contributed by atoms with Crippen LogP contribution in [0, 0.1) is 0 Å². The molecule has 4 heteroatoms. The van der Waals surface area contributed by atoms with E-state index in [-0.39, 0.29) is 0 Å². The number of fused-ring (bicyclic) bond motifs is 2. The fourth-order valence-corrected chi connectivity index (χ4v) is 3.59. The lowest BCUT2D eigenvalue weighted by Gasteiger charge is -2.08. The van der Waals surface area contributed by atoms with Gasteiger partial charge in [-0.15, -0.1) is 0 Å². The number of methoxy groups -OCH3 is 2. The molecule has 0 spiro atoms. The zero-order valence-electron chi connectivity index (χ0n) is 16.8. The molecule has 3 aromatic carbocycles. The van der Waals surface area contributed by atoms with Gasteiger partial charge >= 0.3 is 0 Å². The molecule has 0 amide bonds. The Morgan fingerprint density at radius 1 is 0.500 bits per heavy atom. The molecular weight excluding hydrogens is 372 g/mol. The average molecular weight is 392 g/mol. The van der Waals surface area contributed by atoms with Crippen LogP contribution in [0.3, 0.4) is 0 Å². The fourth-order valence-electron chi connectivity index (χ4n) is 3.59. The number of hydrogen-bond donors (Lipinski definition) is 0. The molecule has 2 heterocycles. The highest BCUT2D eigenvalue weighted by molar-refractivity contribution is 5.96. The number of ether oxygens (including phenoxy) is 2. The quantitative estimate of drug-likeness (QED) is 0.345. The van der Waals surface area contributed by atoms with Gasteiger partial charge in [-0.3, -0.25) is 0 Å². The van der Waals surface area contributed by atoms with E-state index in [0.717, 1.165) is 55.8 Å². The molecule has 0 N–H and O–H groups in total. The molecule has 0 unspecified atom stereocenters. The van der Waals surface area contributed by atoms with Crippen LogP contribution in [0.5, 0.6) is 11.5 Å². The number of benzene rings is 3. The Kier molecular flexibility index (Phi) is 4.52. The molecular formula is C26H20N2O2. The molecule has 0 aliphatic rings. The molecule has 0 radical (unpaired) electrons. The zero-order valence-corrected chi connectivity index (χ0v) is 16.8. The summed E-state index contributed by atoms with van der Waals surface area (Å²) in [6.07, 6.45) is 0. The first kappa shape index (κ1) is 18.1. The summed E-state index contributed by atoms with van der Waals surface area (Å²) in [5.74, 6) is 1.67. The summed E-state index contributed by atoms with van der Waals surface area (Å²) in [5, 5.41) is 2.19. The van der Waals surface area contributed by atoms with Crippen LogP contribution in [-0.4, -0.2) is 24.2 Å². The Hall–Kier alpha value is -3.92. The van der Waals surface area contributed by atoms with Gasteiger partial charge in [0.2, 0.25) is 0 Å². The largest absolute Gasteiger partial charge is 0.497 e. The minimum absolute atomic E-state index is 0.834. The molecule has 0 aliphatic heterocycles. The van der Waals surface area contributed by atoms with Crippen LogP contribution in [0.25, 0.3) is 44.3 Å². The highest BCUT2D eigenvalue weighted by atomic mass is 16.5. The van der Waals surface area contributed by atoms with Crippen molar-refractivity contribution in [2.24, 2.45) is 0 Å². The van der Waals surface area contributed by atoms with Crippen molar-refractivity contribution in [3.05, 3.63) is 84.9 Å². The van der Waals surface area contributed by atoms with E-state index in [4.69, 9.17) is 19.4 Å². The molecule has 0 fully saturated rings. The van der Waals surface area contributed by atoms with Crippen LogP contribution in [0.4, 0.5) is 0 Å². The minimum Gasteiger partial charge on any atom is -0.497 e. The lowest BCUT2D eigenvalue weighted by atomic mass is 10.1. The topological polar surface area (TPSA) is 44.2 Å². The van der Waals surface area contributed by atoms with E-state index in [0.29, 0.717) is 0 Å². The second-order valence-corrected chi connectivity index (χ2v) is 7.09. The Bertz CT molecular complexity index is 1240. The lowest BCUT2D eigenvalue weighted by molar-refractivity contribution is 0.415. The van der Waals surface area contributed by atoms with Gasteiger partial charge in [0, 0.05) is 21.9 Å². The number of pyridine rings is 2. The minimum atomic E-state index is 0.834. The number of rotatable bonds is 4. The molecule has 0 aliphatic carbocycles. The molecule has 5 aromatic rings. The third kappa shape index (κ3) is 3.33. The van der Waals surface area contributed by atoms with E-state index in [1.165, 1.54) is 0 Å². The van der Waals surface area contributed by atoms with Gasteiger partial charge in [0.15, 0.2) is 0 Å². The summed E-state index contributed by atoms with van der Waals surface area (Å²) in [4.78, 5) is 9.76. The van der Waals surface area contributed by atoms with Crippen molar-refractivity contribution in [1.82, 2.24) is 9.97 Å². The summed E-state index contributed by atoms with van der Waals surface area (Å²) >= 11 is 0. The molecule has 5 rings (SSSR count). The normalized spacial score (nSPS) is 11.0. The molecule has 2 aromatic heterocycles. The average Bonchev–Trinajstić information content (AvgIpc) is 2.82. The van der Waals surface area contributed by atoms with Crippen LogP contribution >= 0.6 is 0 Å². The predicted molar refractivity (Wildman–Crippen MR) is 121 cm³/mol. The summed E-state index contributed by atoms with van der Waals surface area (Å²) in [5.41, 5.74) is 5.81. The molecule has 146 valence electrons. The van der Waals surface area contributed by atoms with Crippen molar-refractivity contribution in [3.8, 4) is 34.0 Å². The van der Waals surface area contributed by atoms with Gasteiger partial charge in [0.05, 0.1) is 36.6 Å².